The standard InChI is InChI=1S/C10HClF20O4S.K.H/c11-7(24,25)5(20,21)3(16,17)1(12,13)2(14,15)4(18,19)6(22,23)8(26,27)35-9(28,29)10(30,31)36(32,33)34;;/h(H,32,33,34);;/q;+1;-1. The molecule has 0 aromatic rings. The molecular formula is C10H2ClF20KO4S. The predicted molar refractivity (Wildman–Crippen MR) is 69.1 cm³/mol. The molecule has 0 radical (unpaired) electrons. The molecule has 0 fully saturated rings. The van der Waals surface area contributed by atoms with E-state index >= 15 is 0 Å². The minimum absolute atomic E-state index is 0. The van der Waals surface area contributed by atoms with E-state index in [9.17, 15) is 96.2 Å². The van der Waals surface area contributed by atoms with E-state index in [1.807, 2.05) is 0 Å². The third-order valence-corrected chi connectivity index (χ3v) is 4.74. The Morgan fingerprint density at radius 3 is 1.00 bits per heavy atom. The zero-order chi connectivity index (χ0) is 30.2. The molecule has 0 aromatic carbocycles. The van der Waals surface area contributed by atoms with Gasteiger partial charge in [-0.1, -0.05) is 0 Å². The molecule has 0 aliphatic heterocycles. The average molecular weight is 673 g/mol. The van der Waals surface area contributed by atoms with Crippen LogP contribution >= 0.6 is 11.6 Å². The van der Waals surface area contributed by atoms with E-state index in [1.54, 1.807) is 0 Å². The van der Waals surface area contributed by atoms with Crippen molar-refractivity contribution in [1.29, 1.82) is 0 Å². The van der Waals surface area contributed by atoms with E-state index in [0.717, 1.165) is 4.74 Å². The van der Waals surface area contributed by atoms with Gasteiger partial charge < -0.3 is 1.43 Å². The number of alkyl halides is 21. The fourth-order valence-corrected chi connectivity index (χ4v) is 2.04. The van der Waals surface area contributed by atoms with E-state index in [0.29, 0.717) is 0 Å². The van der Waals surface area contributed by atoms with Crippen molar-refractivity contribution in [2.75, 3.05) is 0 Å². The Morgan fingerprint density at radius 1 is 0.514 bits per heavy atom. The van der Waals surface area contributed by atoms with Crippen molar-refractivity contribution < 1.29 is 158 Å². The Balaban J connectivity index is -0.00000612. The molecule has 0 unspecified atom stereocenters. The van der Waals surface area contributed by atoms with Crippen LogP contribution < -0.4 is 51.4 Å². The summed E-state index contributed by atoms with van der Waals surface area (Å²) in [6, 6.07) is 0. The van der Waals surface area contributed by atoms with E-state index in [1.165, 1.54) is 0 Å². The van der Waals surface area contributed by atoms with Gasteiger partial charge >= 0.3 is 120 Å². The normalized spacial score (nSPS) is 16.5. The molecule has 0 aliphatic rings. The van der Waals surface area contributed by atoms with Gasteiger partial charge in [-0.25, -0.2) is 4.74 Å². The first kappa shape index (κ1) is 39.5. The smallest absolute Gasteiger partial charge is 1.00 e. The molecule has 0 heterocycles. The largest absolute Gasteiger partial charge is 1.00 e. The first-order valence-corrected chi connectivity index (χ1v) is 8.91. The first-order valence-electron chi connectivity index (χ1n) is 7.10. The van der Waals surface area contributed by atoms with Crippen LogP contribution in [0.5, 0.6) is 0 Å². The fourth-order valence-electron chi connectivity index (χ4n) is 1.58. The van der Waals surface area contributed by atoms with Gasteiger partial charge in [0.2, 0.25) is 0 Å². The van der Waals surface area contributed by atoms with Crippen LogP contribution in [0, 0.1) is 0 Å². The summed E-state index contributed by atoms with van der Waals surface area (Å²) in [4.78, 5) is 0. The van der Waals surface area contributed by atoms with E-state index in [-0.39, 0.29) is 52.8 Å². The van der Waals surface area contributed by atoms with Crippen LogP contribution in [0.3, 0.4) is 0 Å². The van der Waals surface area contributed by atoms with Crippen molar-refractivity contribution in [1.82, 2.24) is 0 Å². The third-order valence-electron chi connectivity index (χ3n) is 3.61. The summed E-state index contributed by atoms with van der Waals surface area (Å²) in [5.41, 5.74) is 0. The predicted octanol–water partition coefficient (Wildman–Crippen LogP) is 3.43. The van der Waals surface area contributed by atoms with Crippen LogP contribution in [0.2, 0.25) is 0 Å². The summed E-state index contributed by atoms with van der Waals surface area (Å²) < 4.78 is 289. The monoisotopic (exact) mass is 672 g/mol. The number of rotatable bonds is 11. The maximum absolute atomic E-state index is 13.4. The number of halogens is 21. The summed E-state index contributed by atoms with van der Waals surface area (Å²) in [6.07, 6.45) is -16.3. The third kappa shape index (κ3) is 5.64. The molecule has 0 atom stereocenters. The van der Waals surface area contributed by atoms with Crippen molar-refractivity contribution >= 4 is 21.7 Å². The van der Waals surface area contributed by atoms with Crippen LogP contribution in [0.1, 0.15) is 1.43 Å². The number of ether oxygens (including phenoxy) is 1. The molecule has 0 aliphatic carbocycles. The average Bonchev–Trinajstić information content (AvgIpc) is 2.57. The Kier molecular flexibility index (Phi) is 10.7. The second kappa shape index (κ2) is 10.0. The minimum Gasteiger partial charge on any atom is -1.00 e. The molecule has 1 N–H and O–H groups in total. The molecule has 0 amide bonds. The van der Waals surface area contributed by atoms with E-state index in [4.69, 9.17) is 4.55 Å². The minimum atomic E-state index is -9.12. The topological polar surface area (TPSA) is 63.6 Å². The van der Waals surface area contributed by atoms with E-state index < -0.39 is 68.5 Å². The van der Waals surface area contributed by atoms with Crippen molar-refractivity contribution in [3.8, 4) is 0 Å². The van der Waals surface area contributed by atoms with Gasteiger partial charge in [0.1, 0.15) is 0 Å². The summed E-state index contributed by atoms with van der Waals surface area (Å²) >= 11 is 3.25. The van der Waals surface area contributed by atoms with Gasteiger partial charge in [-0.3, -0.25) is 4.55 Å². The van der Waals surface area contributed by atoms with Gasteiger partial charge in [-0.15, -0.1) is 0 Å². The molecule has 0 saturated carbocycles. The van der Waals surface area contributed by atoms with Crippen molar-refractivity contribution in [2.24, 2.45) is 0 Å². The van der Waals surface area contributed by atoms with Crippen LogP contribution in [0.4, 0.5) is 87.8 Å². The van der Waals surface area contributed by atoms with Crippen molar-refractivity contribution in [3.05, 3.63) is 0 Å². The van der Waals surface area contributed by atoms with Crippen LogP contribution in [-0.4, -0.2) is 71.4 Å². The maximum atomic E-state index is 13.4. The van der Waals surface area contributed by atoms with Gasteiger partial charge in [-0.05, 0) is 11.6 Å². The van der Waals surface area contributed by atoms with Crippen molar-refractivity contribution in [3.63, 3.8) is 0 Å². The van der Waals surface area contributed by atoms with Gasteiger partial charge in [0, 0.05) is 0 Å². The van der Waals surface area contributed by atoms with Crippen molar-refractivity contribution in [2.45, 2.75) is 58.4 Å². The zero-order valence-corrected chi connectivity index (χ0v) is 20.7. The summed E-state index contributed by atoms with van der Waals surface area (Å²) in [6.45, 7) is 0. The van der Waals surface area contributed by atoms with Crippen LogP contribution in [0.25, 0.3) is 0 Å². The van der Waals surface area contributed by atoms with Gasteiger partial charge in [0.25, 0.3) is 0 Å². The van der Waals surface area contributed by atoms with Crippen LogP contribution in [0.15, 0.2) is 0 Å². The molecule has 0 spiro atoms. The maximum Gasteiger partial charge on any atom is 1.00 e. The summed E-state index contributed by atoms with van der Waals surface area (Å²) in [7, 11) is -7.72. The molecule has 0 aromatic heterocycles. The molecule has 37 heavy (non-hydrogen) atoms. The van der Waals surface area contributed by atoms with E-state index in [2.05, 4.69) is 11.6 Å². The molecule has 220 valence electrons. The molecular weight excluding hydrogens is 671 g/mol. The van der Waals surface area contributed by atoms with Crippen LogP contribution in [-0.2, 0) is 14.9 Å². The molecule has 0 saturated heterocycles. The quantitative estimate of drug-likeness (QED) is 0.158. The molecule has 4 nitrogen and oxygen atoms in total. The Hall–Kier alpha value is 0.396. The summed E-state index contributed by atoms with van der Waals surface area (Å²) in [5.74, 6) is -52.8. The SMILES string of the molecule is O=S(=O)(O)C(F)(F)C(F)(F)OC(F)(F)C(F)(F)C(F)(F)C(F)(F)C(F)(F)C(F)(F)C(F)(F)C(F)(F)Cl.[H-].[K+]. The Morgan fingerprint density at radius 2 is 0.757 bits per heavy atom. The molecule has 27 heteroatoms. The first-order chi connectivity index (χ1) is 15.0. The fraction of sp³-hybridized carbons (Fsp3) is 1.00. The Bertz CT molecular complexity index is 950. The number of hydrogen-bond acceptors (Lipinski definition) is 3. The summed E-state index contributed by atoms with van der Waals surface area (Å²) in [5, 5.41) is -14.6. The van der Waals surface area contributed by atoms with Gasteiger partial charge in [-0.2, -0.15) is 96.2 Å². The van der Waals surface area contributed by atoms with Gasteiger partial charge in [0.15, 0.2) is 0 Å². The number of hydrogen-bond donors (Lipinski definition) is 1. The zero-order valence-electron chi connectivity index (χ0n) is 17.0. The second-order valence-electron chi connectivity index (χ2n) is 6.07. The molecule has 0 rings (SSSR count). The second-order valence-corrected chi connectivity index (χ2v) is 8.01. The molecule has 0 bridgehead atoms. The van der Waals surface area contributed by atoms with Gasteiger partial charge in [0.05, 0.1) is 0 Å². The Labute approximate surface area is 237 Å².